The highest BCUT2D eigenvalue weighted by Gasteiger charge is 2.25. The van der Waals surface area contributed by atoms with Crippen LogP contribution in [0.2, 0.25) is 0 Å². The van der Waals surface area contributed by atoms with Crippen molar-refractivity contribution < 1.29 is 9.47 Å². The second kappa shape index (κ2) is 5.01. The molecule has 0 saturated carbocycles. The van der Waals surface area contributed by atoms with E-state index in [9.17, 15) is 0 Å². The first kappa shape index (κ1) is 9.36. The summed E-state index contributed by atoms with van der Waals surface area (Å²) in [4.78, 5) is 0. The van der Waals surface area contributed by atoms with Crippen molar-refractivity contribution in [3.05, 3.63) is 0 Å². The summed E-state index contributed by atoms with van der Waals surface area (Å²) in [7, 11) is 0. The Hall–Kier alpha value is 0.270. The third kappa shape index (κ3) is 3.01. The van der Waals surface area contributed by atoms with Crippen LogP contribution in [0.3, 0.4) is 0 Å². The summed E-state index contributed by atoms with van der Waals surface area (Å²) in [6.07, 6.45) is 1.49. The van der Waals surface area contributed by atoms with Gasteiger partial charge in [0.25, 0.3) is 0 Å². The van der Waals surface area contributed by atoms with E-state index in [0.29, 0.717) is 11.5 Å². The molecule has 2 nitrogen and oxygen atoms in total. The number of hydrogen-bond acceptors (Lipinski definition) is 3. The van der Waals surface area contributed by atoms with E-state index < -0.39 is 0 Å². The molecule has 0 aromatic heterocycles. The lowest BCUT2D eigenvalue weighted by atomic mass is 10.3. The maximum Gasteiger partial charge on any atom is 0.105 e. The topological polar surface area (TPSA) is 18.5 Å². The fourth-order valence-electron chi connectivity index (χ4n) is 1.22. The van der Waals surface area contributed by atoms with Crippen molar-refractivity contribution in [1.82, 2.24) is 0 Å². The number of rotatable bonds is 4. The predicted molar refractivity (Wildman–Crippen MR) is 47.9 cm³/mol. The highest BCUT2D eigenvalue weighted by Crippen LogP contribution is 2.29. The van der Waals surface area contributed by atoms with Crippen molar-refractivity contribution in [2.24, 2.45) is 0 Å². The van der Waals surface area contributed by atoms with Crippen molar-refractivity contribution in [3.8, 4) is 0 Å². The molecule has 0 amide bonds. The van der Waals surface area contributed by atoms with Crippen LogP contribution in [0, 0.1) is 0 Å². The van der Waals surface area contributed by atoms with Gasteiger partial charge in [-0.3, -0.25) is 0 Å². The molecule has 0 aromatic carbocycles. The quantitative estimate of drug-likeness (QED) is 0.651. The van der Waals surface area contributed by atoms with Crippen LogP contribution in [-0.2, 0) is 9.47 Å². The molecule has 0 aliphatic carbocycles. The Morgan fingerprint density at radius 2 is 2.00 bits per heavy atom. The molecule has 66 valence electrons. The van der Waals surface area contributed by atoms with E-state index in [4.69, 9.17) is 9.47 Å². The zero-order valence-corrected chi connectivity index (χ0v) is 8.02. The predicted octanol–water partition coefficient (Wildman–Crippen LogP) is 1.89. The molecule has 0 aromatic rings. The molecule has 1 saturated heterocycles. The van der Waals surface area contributed by atoms with Gasteiger partial charge in [-0.25, -0.2) is 0 Å². The van der Waals surface area contributed by atoms with Crippen LogP contribution < -0.4 is 0 Å². The van der Waals surface area contributed by atoms with Gasteiger partial charge in [0, 0.05) is 25.4 Å². The van der Waals surface area contributed by atoms with Crippen molar-refractivity contribution in [2.75, 3.05) is 19.0 Å². The van der Waals surface area contributed by atoms with Gasteiger partial charge in [0.15, 0.2) is 0 Å². The molecule has 0 bridgehead atoms. The SMILES string of the molecule is CCOC1CSC(OCC)C1. The van der Waals surface area contributed by atoms with E-state index in [1.807, 2.05) is 25.6 Å². The van der Waals surface area contributed by atoms with Gasteiger partial charge in [-0.2, -0.15) is 0 Å². The Morgan fingerprint density at radius 3 is 2.64 bits per heavy atom. The molecular formula is C8H16O2S. The molecule has 1 aliphatic heterocycles. The standard InChI is InChI=1S/C8H16O2S/c1-3-9-7-5-8(10-4-2)11-6-7/h7-8H,3-6H2,1-2H3. The Bertz CT molecular complexity index is 96.3. The molecule has 0 N–H and O–H groups in total. The summed E-state index contributed by atoms with van der Waals surface area (Å²) in [6.45, 7) is 5.72. The minimum atomic E-state index is 0.386. The van der Waals surface area contributed by atoms with Gasteiger partial charge in [-0.05, 0) is 13.8 Å². The molecule has 2 unspecified atom stereocenters. The monoisotopic (exact) mass is 176 g/mol. The average molecular weight is 176 g/mol. The number of ether oxygens (including phenoxy) is 2. The molecule has 1 rings (SSSR count). The first-order valence-electron chi connectivity index (χ1n) is 4.21. The highest BCUT2D eigenvalue weighted by molar-refractivity contribution is 8.00. The number of thioether (sulfide) groups is 1. The molecule has 1 heterocycles. The second-order valence-corrected chi connectivity index (χ2v) is 3.72. The summed E-state index contributed by atoms with van der Waals surface area (Å²) in [5.74, 6) is 1.10. The molecule has 2 atom stereocenters. The van der Waals surface area contributed by atoms with Gasteiger partial charge in [0.05, 0.1) is 6.10 Å². The minimum absolute atomic E-state index is 0.386. The molecule has 11 heavy (non-hydrogen) atoms. The van der Waals surface area contributed by atoms with E-state index in [2.05, 4.69) is 0 Å². The lowest BCUT2D eigenvalue weighted by Gasteiger charge is -2.09. The van der Waals surface area contributed by atoms with Crippen LogP contribution in [0.15, 0.2) is 0 Å². The van der Waals surface area contributed by atoms with E-state index in [1.54, 1.807) is 0 Å². The largest absolute Gasteiger partial charge is 0.378 e. The van der Waals surface area contributed by atoms with Gasteiger partial charge >= 0.3 is 0 Å². The van der Waals surface area contributed by atoms with Crippen LogP contribution in [0.25, 0.3) is 0 Å². The second-order valence-electron chi connectivity index (χ2n) is 2.53. The molecule has 3 heteroatoms. The summed E-state index contributed by atoms with van der Waals surface area (Å²) >= 11 is 1.87. The maximum absolute atomic E-state index is 5.48. The fraction of sp³-hybridized carbons (Fsp3) is 1.00. The van der Waals surface area contributed by atoms with Crippen molar-refractivity contribution >= 4 is 11.8 Å². The van der Waals surface area contributed by atoms with Crippen molar-refractivity contribution in [2.45, 2.75) is 31.8 Å². The lowest BCUT2D eigenvalue weighted by Crippen LogP contribution is -2.13. The summed E-state index contributed by atoms with van der Waals surface area (Å²) in [5, 5.41) is 0. The Morgan fingerprint density at radius 1 is 1.27 bits per heavy atom. The van der Waals surface area contributed by atoms with Crippen molar-refractivity contribution in [1.29, 1.82) is 0 Å². The Labute approximate surface area is 72.6 Å². The van der Waals surface area contributed by atoms with Gasteiger partial charge in [0.2, 0.25) is 0 Å². The van der Waals surface area contributed by atoms with Crippen LogP contribution in [0.4, 0.5) is 0 Å². The minimum Gasteiger partial charge on any atom is -0.378 e. The molecular weight excluding hydrogens is 160 g/mol. The zero-order chi connectivity index (χ0) is 8.10. The first-order chi connectivity index (χ1) is 5.36. The van der Waals surface area contributed by atoms with E-state index in [0.717, 1.165) is 25.4 Å². The van der Waals surface area contributed by atoms with Crippen LogP contribution in [-0.4, -0.2) is 30.5 Å². The van der Waals surface area contributed by atoms with Gasteiger partial charge in [-0.15, -0.1) is 11.8 Å². The normalized spacial score (nSPS) is 31.1. The van der Waals surface area contributed by atoms with Crippen LogP contribution in [0.1, 0.15) is 20.3 Å². The highest BCUT2D eigenvalue weighted by atomic mass is 32.2. The Balaban J connectivity index is 2.12. The van der Waals surface area contributed by atoms with E-state index in [-0.39, 0.29) is 0 Å². The third-order valence-corrected chi connectivity index (χ3v) is 2.94. The summed E-state index contributed by atoms with van der Waals surface area (Å²) < 4.78 is 10.9. The van der Waals surface area contributed by atoms with Gasteiger partial charge in [0.1, 0.15) is 5.44 Å². The first-order valence-corrected chi connectivity index (χ1v) is 5.26. The smallest absolute Gasteiger partial charge is 0.105 e. The van der Waals surface area contributed by atoms with Crippen LogP contribution >= 0.6 is 11.8 Å². The molecule has 1 aliphatic rings. The molecule has 0 radical (unpaired) electrons. The van der Waals surface area contributed by atoms with Gasteiger partial charge in [-0.1, -0.05) is 0 Å². The third-order valence-electron chi connectivity index (χ3n) is 1.68. The Kier molecular flexibility index (Phi) is 4.26. The maximum atomic E-state index is 5.48. The average Bonchev–Trinajstić information content (AvgIpc) is 2.38. The summed E-state index contributed by atoms with van der Waals surface area (Å²) in [6, 6.07) is 0. The van der Waals surface area contributed by atoms with E-state index >= 15 is 0 Å². The number of hydrogen-bond donors (Lipinski definition) is 0. The fourth-order valence-corrected chi connectivity index (χ4v) is 2.46. The van der Waals surface area contributed by atoms with E-state index in [1.165, 1.54) is 0 Å². The van der Waals surface area contributed by atoms with Gasteiger partial charge < -0.3 is 9.47 Å². The van der Waals surface area contributed by atoms with Crippen molar-refractivity contribution in [3.63, 3.8) is 0 Å². The van der Waals surface area contributed by atoms with Crippen LogP contribution in [0.5, 0.6) is 0 Å². The molecule has 1 fully saturated rings. The zero-order valence-electron chi connectivity index (χ0n) is 7.21. The lowest BCUT2D eigenvalue weighted by molar-refractivity contribution is 0.0433. The molecule has 0 spiro atoms. The summed E-state index contributed by atoms with van der Waals surface area (Å²) in [5.41, 5.74) is 0.386.